The summed E-state index contributed by atoms with van der Waals surface area (Å²) in [5.41, 5.74) is 1.48. The summed E-state index contributed by atoms with van der Waals surface area (Å²) in [5, 5.41) is 0.847. The lowest BCUT2D eigenvalue weighted by atomic mass is 9.84. The molecule has 0 N–H and O–H groups in total. The number of halogens is 1. The third-order valence-electron chi connectivity index (χ3n) is 2.95. The van der Waals surface area contributed by atoms with Crippen LogP contribution < -0.4 is 0 Å². The fraction of sp³-hybridized carbons (Fsp3) is 0.571. The van der Waals surface area contributed by atoms with Crippen LogP contribution in [-0.2, 0) is 0 Å². The summed E-state index contributed by atoms with van der Waals surface area (Å²) in [6.07, 6.45) is 6.94. The molecule has 1 heteroatoms. The van der Waals surface area contributed by atoms with E-state index in [2.05, 4.69) is 12.1 Å². The Morgan fingerprint density at radius 2 is 1.47 bits per heavy atom. The molecule has 0 radical (unpaired) electrons. The average Bonchev–Trinajstić information content (AvgIpc) is 2.34. The topological polar surface area (TPSA) is 0 Å². The zero-order chi connectivity index (χ0) is 11.1. The van der Waals surface area contributed by atoms with Gasteiger partial charge in [0, 0.05) is 5.02 Å². The molecular weight excluding hydrogens is 204 g/mol. The molecule has 1 aromatic carbocycles. The summed E-state index contributed by atoms with van der Waals surface area (Å²) in [5.74, 6) is 0.797. The molecular formula is C14H21Cl. The van der Waals surface area contributed by atoms with Crippen LogP contribution in [0.2, 0.25) is 5.02 Å². The van der Waals surface area contributed by atoms with E-state index in [1.54, 1.807) is 0 Å². The first-order valence-electron chi connectivity index (χ1n) is 6.12. The Kier molecular flexibility index (Phi) is 5.78. The molecule has 0 amide bonds. The van der Waals surface area contributed by atoms with E-state index in [4.69, 9.17) is 11.6 Å². The van der Waals surface area contributed by atoms with Crippen molar-refractivity contribution in [1.29, 1.82) is 0 Å². The first-order chi connectivity index (χ1) is 7.36. The van der Waals surface area contributed by atoms with Crippen LogP contribution in [0.1, 0.15) is 57.4 Å². The molecule has 84 valence electrons. The molecule has 1 aliphatic carbocycles. The Labute approximate surface area is 98.7 Å². The molecule has 0 aromatic heterocycles. The zero-order valence-corrected chi connectivity index (χ0v) is 10.6. The predicted molar refractivity (Wildman–Crippen MR) is 68.6 cm³/mol. The van der Waals surface area contributed by atoms with Crippen LogP contribution in [0.3, 0.4) is 0 Å². The second kappa shape index (κ2) is 6.90. The molecule has 1 aromatic rings. The normalized spacial score (nSPS) is 16.7. The lowest BCUT2D eigenvalue weighted by molar-refractivity contribution is 0.443. The van der Waals surface area contributed by atoms with Crippen LogP contribution in [-0.4, -0.2) is 0 Å². The molecule has 15 heavy (non-hydrogen) atoms. The Hall–Kier alpha value is -0.490. The molecule has 0 unspecified atom stereocenters. The van der Waals surface area contributed by atoms with Gasteiger partial charge in [-0.25, -0.2) is 0 Å². The van der Waals surface area contributed by atoms with Crippen molar-refractivity contribution in [3.05, 3.63) is 34.9 Å². The highest BCUT2D eigenvalue weighted by Crippen LogP contribution is 2.32. The highest BCUT2D eigenvalue weighted by molar-refractivity contribution is 6.30. The summed E-state index contributed by atoms with van der Waals surface area (Å²) in [6.45, 7) is 4.00. The Morgan fingerprint density at radius 1 is 0.933 bits per heavy atom. The van der Waals surface area contributed by atoms with Crippen molar-refractivity contribution in [3.8, 4) is 0 Å². The standard InChI is InChI=1S/C12H15Cl.C2H6/c13-12-8-6-11(7-9-12)10-4-2-1-3-5-10;1-2/h6-10H,1-5H2;1-2H3. The lowest BCUT2D eigenvalue weighted by Crippen LogP contribution is -2.03. The summed E-state index contributed by atoms with van der Waals surface area (Å²) >= 11 is 5.85. The van der Waals surface area contributed by atoms with Crippen molar-refractivity contribution in [2.75, 3.05) is 0 Å². The summed E-state index contributed by atoms with van der Waals surface area (Å²) in [6, 6.07) is 8.37. The van der Waals surface area contributed by atoms with E-state index in [0.29, 0.717) is 0 Å². The maximum atomic E-state index is 5.85. The van der Waals surface area contributed by atoms with Crippen LogP contribution >= 0.6 is 11.6 Å². The minimum Gasteiger partial charge on any atom is -0.0843 e. The molecule has 0 atom stereocenters. The van der Waals surface area contributed by atoms with Gasteiger partial charge in [-0.1, -0.05) is 56.8 Å². The van der Waals surface area contributed by atoms with Gasteiger partial charge in [-0.05, 0) is 36.5 Å². The number of hydrogen-bond donors (Lipinski definition) is 0. The van der Waals surface area contributed by atoms with Crippen molar-refractivity contribution in [3.63, 3.8) is 0 Å². The Balaban J connectivity index is 0.000000531. The lowest BCUT2D eigenvalue weighted by Gasteiger charge is -2.21. The quantitative estimate of drug-likeness (QED) is 0.598. The van der Waals surface area contributed by atoms with Gasteiger partial charge in [0.15, 0.2) is 0 Å². The second-order valence-corrected chi connectivity index (χ2v) is 4.32. The molecule has 1 saturated carbocycles. The summed E-state index contributed by atoms with van der Waals surface area (Å²) in [4.78, 5) is 0. The van der Waals surface area contributed by atoms with E-state index in [1.807, 2.05) is 26.0 Å². The van der Waals surface area contributed by atoms with Crippen molar-refractivity contribution in [2.45, 2.75) is 51.9 Å². The third-order valence-corrected chi connectivity index (χ3v) is 3.20. The van der Waals surface area contributed by atoms with Crippen LogP contribution in [0, 0.1) is 0 Å². The smallest absolute Gasteiger partial charge is 0.0406 e. The zero-order valence-electron chi connectivity index (χ0n) is 9.80. The fourth-order valence-corrected chi connectivity index (χ4v) is 2.30. The van der Waals surface area contributed by atoms with E-state index in [1.165, 1.54) is 37.7 Å². The van der Waals surface area contributed by atoms with Gasteiger partial charge >= 0.3 is 0 Å². The van der Waals surface area contributed by atoms with E-state index in [0.717, 1.165) is 10.9 Å². The fourth-order valence-electron chi connectivity index (χ4n) is 2.17. The van der Waals surface area contributed by atoms with Crippen molar-refractivity contribution >= 4 is 11.6 Å². The van der Waals surface area contributed by atoms with Crippen LogP contribution in [0.15, 0.2) is 24.3 Å². The minimum absolute atomic E-state index is 0.797. The van der Waals surface area contributed by atoms with Gasteiger partial charge in [-0.2, -0.15) is 0 Å². The van der Waals surface area contributed by atoms with Crippen LogP contribution in [0.25, 0.3) is 0 Å². The largest absolute Gasteiger partial charge is 0.0843 e. The van der Waals surface area contributed by atoms with Gasteiger partial charge in [0.2, 0.25) is 0 Å². The van der Waals surface area contributed by atoms with Gasteiger partial charge in [-0.3, -0.25) is 0 Å². The minimum atomic E-state index is 0.797. The molecule has 0 heterocycles. The van der Waals surface area contributed by atoms with E-state index < -0.39 is 0 Å². The van der Waals surface area contributed by atoms with E-state index in [9.17, 15) is 0 Å². The van der Waals surface area contributed by atoms with Gasteiger partial charge in [-0.15, -0.1) is 0 Å². The molecule has 0 spiro atoms. The molecule has 1 aliphatic rings. The van der Waals surface area contributed by atoms with Gasteiger partial charge in [0.05, 0.1) is 0 Å². The molecule has 0 saturated heterocycles. The second-order valence-electron chi connectivity index (χ2n) is 3.89. The predicted octanol–water partition coefficient (Wildman–Crippen LogP) is 5.41. The number of benzene rings is 1. The van der Waals surface area contributed by atoms with Crippen molar-refractivity contribution in [2.24, 2.45) is 0 Å². The SMILES string of the molecule is CC.Clc1ccc(C2CCCCC2)cc1. The summed E-state index contributed by atoms with van der Waals surface area (Å²) < 4.78 is 0. The van der Waals surface area contributed by atoms with Crippen molar-refractivity contribution < 1.29 is 0 Å². The summed E-state index contributed by atoms with van der Waals surface area (Å²) in [7, 11) is 0. The Bertz CT molecular complexity index is 257. The highest BCUT2D eigenvalue weighted by atomic mass is 35.5. The van der Waals surface area contributed by atoms with E-state index in [-0.39, 0.29) is 0 Å². The third kappa shape index (κ3) is 3.87. The number of hydrogen-bond acceptors (Lipinski definition) is 0. The number of rotatable bonds is 1. The molecule has 2 rings (SSSR count). The van der Waals surface area contributed by atoms with Gasteiger partial charge < -0.3 is 0 Å². The van der Waals surface area contributed by atoms with Gasteiger partial charge in [0.1, 0.15) is 0 Å². The highest BCUT2D eigenvalue weighted by Gasteiger charge is 2.14. The molecule has 0 aliphatic heterocycles. The monoisotopic (exact) mass is 224 g/mol. The van der Waals surface area contributed by atoms with Crippen molar-refractivity contribution in [1.82, 2.24) is 0 Å². The average molecular weight is 225 g/mol. The molecule has 1 fully saturated rings. The van der Waals surface area contributed by atoms with Crippen LogP contribution in [0.4, 0.5) is 0 Å². The first-order valence-corrected chi connectivity index (χ1v) is 6.49. The Morgan fingerprint density at radius 3 is 2.00 bits per heavy atom. The van der Waals surface area contributed by atoms with Gasteiger partial charge in [0.25, 0.3) is 0 Å². The van der Waals surface area contributed by atoms with Crippen LogP contribution in [0.5, 0.6) is 0 Å². The molecule has 0 nitrogen and oxygen atoms in total. The molecule has 0 bridgehead atoms. The maximum absolute atomic E-state index is 5.85. The maximum Gasteiger partial charge on any atom is 0.0406 e. The van der Waals surface area contributed by atoms with E-state index >= 15 is 0 Å². The first kappa shape index (κ1) is 12.6.